The second kappa shape index (κ2) is 4.28. The number of amides is 1. The third-order valence-electron chi connectivity index (χ3n) is 1.91. The van der Waals surface area contributed by atoms with Crippen LogP contribution in [0.1, 0.15) is 18.0 Å². The van der Waals surface area contributed by atoms with Crippen molar-refractivity contribution in [2.45, 2.75) is 12.4 Å². The van der Waals surface area contributed by atoms with E-state index in [1.165, 1.54) is 11.8 Å². The summed E-state index contributed by atoms with van der Waals surface area (Å²) in [5, 5.41) is 0. The molecule has 1 rings (SSSR count). The van der Waals surface area contributed by atoms with E-state index in [2.05, 4.69) is 0 Å². The molecule has 2 nitrogen and oxygen atoms in total. The van der Waals surface area contributed by atoms with Gasteiger partial charge in [0.25, 0.3) is 0 Å². The first-order chi connectivity index (χ1) is 6.13. The van der Waals surface area contributed by atoms with Crippen molar-refractivity contribution in [2.24, 2.45) is 0 Å². The quantitative estimate of drug-likeness (QED) is 0.527. The van der Waals surface area contributed by atoms with E-state index in [0.29, 0.717) is 0 Å². The number of carbonyl (C=O) groups is 1. The van der Waals surface area contributed by atoms with Crippen LogP contribution >= 0.6 is 11.6 Å². The normalized spacial score (nSPS) is 12.2. The summed E-state index contributed by atoms with van der Waals surface area (Å²) in [6, 6.07) is 9.52. The number of alkyl halides is 1. The topological polar surface area (TPSA) is 20.3 Å². The number of carbonyl (C=O) groups excluding carboxylic acids is 1. The number of rotatable bonds is 2. The van der Waals surface area contributed by atoms with Crippen LogP contribution in [0, 0.1) is 0 Å². The predicted octanol–water partition coefficient (Wildman–Crippen LogP) is 2.40. The first-order valence-corrected chi connectivity index (χ1v) is 4.49. The zero-order valence-corrected chi connectivity index (χ0v) is 8.45. The molecule has 13 heavy (non-hydrogen) atoms. The van der Waals surface area contributed by atoms with E-state index in [4.69, 9.17) is 11.6 Å². The summed E-state index contributed by atoms with van der Waals surface area (Å²) in [6.45, 7) is 1.50. The number of hydrogen-bond acceptors (Lipinski definition) is 1. The lowest BCUT2D eigenvalue weighted by molar-refractivity contribution is -0.128. The van der Waals surface area contributed by atoms with Crippen LogP contribution in [0.4, 0.5) is 0 Å². The molecule has 0 saturated carbocycles. The molecule has 70 valence electrons. The van der Waals surface area contributed by atoms with E-state index in [0.717, 1.165) is 5.56 Å². The van der Waals surface area contributed by atoms with E-state index in [1.54, 1.807) is 7.05 Å². The molecule has 1 unspecified atom stereocenters. The lowest BCUT2D eigenvalue weighted by atomic mass is 10.2. The van der Waals surface area contributed by atoms with Crippen molar-refractivity contribution in [1.82, 2.24) is 4.90 Å². The van der Waals surface area contributed by atoms with Crippen LogP contribution in [0.15, 0.2) is 30.3 Å². The Kier molecular flexibility index (Phi) is 3.32. The molecule has 0 saturated heterocycles. The highest BCUT2D eigenvalue weighted by molar-refractivity contribution is 6.21. The van der Waals surface area contributed by atoms with Gasteiger partial charge >= 0.3 is 0 Å². The maximum atomic E-state index is 11.0. The van der Waals surface area contributed by atoms with Crippen molar-refractivity contribution < 1.29 is 4.79 Å². The van der Waals surface area contributed by atoms with Crippen molar-refractivity contribution in [1.29, 1.82) is 0 Å². The van der Waals surface area contributed by atoms with Crippen molar-refractivity contribution in [3.63, 3.8) is 0 Å². The van der Waals surface area contributed by atoms with Crippen molar-refractivity contribution in [3.8, 4) is 0 Å². The Bertz CT molecular complexity index is 286. The Labute approximate surface area is 83.1 Å². The third kappa shape index (κ3) is 2.46. The van der Waals surface area contributed by atoms with Crippen molar-refractivity contribution >= 4 is 17.5 Å². The van der Waals surface area contributed by atoms with Gasteiger partial charge in [0.15, 0.2) is 0 Å². The van der Waals surface area contributed by atoms with E-state index in [9.17, 15) is 4.79 Å². The number of benzene rings is 1. The van der Waals surface area contributed by atoms with Crippen LogP contribution in [0.3, 0.4) is 0 Å². The van der Waals surface area contributed by atoms with Gasteiger partial charge in [-0.3, -0.25) is 4.79 Å². The van der Waals surface area contributed by atoms with Crippen LogP contribution < -0.4 is 0 Å². The molecule has 3 heteroatoms. The molecule has 1 aromatic rings. The van der Waals surface area contributed by atoms with Crippen LogP contribution in [0.5, 0.6) is 0 Å². The summed E-state index contributed by atoms with van der Waals surface area (Å²) in [4.78, 5) is 12.5. The zero-order valence-electron chi connectivity index (χ0n) is 7.70. The molecule has 0 heterocycles. The van der Waals surface area contributed by atoms with Gasteiger partial charge in [-0.25, -0.2) is 0 Å². The molecule has 0 spiro atoms. The Balaban J connectivity index is 2.79. The minimum Gasteiger partial charge on any atom is -0.325 e. The Morgan fingerprint density at radius 3 is 2.38 bits per heavy atom. The Morgan fingerprint density at radius 2 is 1.92 bits per heavy atom. The molecule has 1 aromatic carbocycles. The smallest absolute Gasteiger partial charge is 0.220 e. The standard InChI is InChI=1S/C10H12ClNO/c1-8(13)12(2)10(11)9-6-4-3-5-7-9/h3-7,10H,1-2H3. The molecular weight excluding hydrogens is 186 g/mol. The lowest BCUT2D eigenvalue weighted by Gasteiger charge is -2.21. The van der Waals surface area contributed by atoms with Crippen LogP contribution in [0.2, 0.25) is 0 Å². The molecule has 0 aromatic heterocycles. The fourth-order valence-electron chi connectivity index (χ4n) is 0.995. The van der Waals surface area contributed by atoms with Gasteiger partial charge in [-0.05, 0) is 5.56 Å². The van der Waals surface area contributed by atoms with Crippen LogP contribution in [0.25, 0.3) is 0 Å². The van der Waals surface area contributed by atoms with Gasteiger partial charge in [0.05, 0.1) is 0 Å². The molecule has 0 bridgehead atoms. The van der Waals surface area contributed by atoms with Gasteiger partial charge in [0.1, 0.15) is 5.50 Å². The van der Waals surface area contributed by atoms with Gasteiger partial charge in [-0.1, -0.05) is 41.9 Å². The molecule has 0 aliphatic heterocycles. The van der Waals surface area contributed by atoms with Crippen LogP contribution in [-0.2, 0) is 4.79 Å². The highest BCUT2D eigenvalue weighted by Gasteiger charge is 2.14. The molecule has 0 aliphatic carbocycles. The van der Waals surface area contributed by atoms with Crippen molar-refractivity contribution in [2.75, 3.05) is 7.05 Å². The zero-order chi connectivity index (χ0) is 9.84. The van der Waals surface area contributed by atoms with E-state index in [1.807, 2.05) is 30.3 Å². The second-order valence-corrected chi connectivity index (χ2v) is 3.29. The van der Waals surface area contributed by atoms with Gasteiger partial charge < -0.3 is 4.90 Å². The molecule has 0 radical (unpaired) electrons. The number of nitrogens with zero attached hydrogens (tertiary/aromatic N) is 1. The SMILES string of the molecule is CC(=O)N(C)C(Cl)c1ccccc1. The average Bonchev–Trinajstić information content (AvgIpc) is 2.17. The fraction of sp³-hybridized carbons (Fsp3) is 0.300. The van der Waals surface area contributed by atoms with Gasteiger partial charge in [-0.2, -0.15) is 0 Å². The maximum absolute atomic E-state index is 11.0. The molecule has 0 N–H and O–H groups in total. The number of halogens is 1. The molecular formula is C10H12ClNO. The number of hydrogen-bond donors (Lipinski definition) is 0. The maximum Gasteiger partial charge on any atom is 0.220 e. The van der Waals surface area contributed by atoms with E-state index < -0.39 is 0 Å². The monoisotopic (exact) mass is 197 g/mol. The third-order valence-corrected chi connectivity index (χ3v) is 2.46. The first-order valence-electron chi connectivity index (χ1n) is 4.05. The highest BCUT2D eigenvalue weighted by Crippen LogP contribution is 2.22. The minimum absolute atomic E-state index is 0.0381. The second-order valence-electron chi connectivity index (χ2n) is 2.88. The molecule has 1 atom stereocenters. The first kappa shape index (κ1) is 10.1. The average molecular weight is 198 g/mol. The Morgan fingerprint density at radius 1 is 1.38 bits per heavy atom. The Hall–Kier alpha value is -1.02. The largest absolute Gasteiger partial charge is 0.325 e. The van der Waals surface area contributed by atoms with Crippen molar-refractivity contribution in [3.05, 3.63) is 35.9 Å². The van der Waals surface area contributed by atoms with Gasteiger partial charge in [0.2, 0.25) is 5.91 Å². The molecule has 1 amide bonds. The summed E-state index contributed by atoms with van der Waals surface area (Å²) >= 11 is 6.06. The minimum atomic E-state index is -0.376. The lowest BCUT2D eigenvalue weighted by Crippen LogP contribution is -2.25. The summed E-state index contributed by atoms with van der Waals surface area (Å²) in [7, 11) is 1.69. The fourth-order valence-corrected chi connectivity index (χ4v) is 1.28. The van der Waals surface area contributed by atoms with E-state index in [-0.39, 0.29) is 11.4 Å². The highest BCUT2D eigenvalue weighted by atomic mass is 35.5. The van der Waals surface area contributed by atoms with Gasteiger partial charge in [-0.15, -0.1) is 0 Å². The molecule has 0 aliphatic rings. The summed E-state index contributed by atoms with van der Waals surface area (Å²) in [6.07, 6.45) is 0. The van der Waals surface area contributed by atoms with Crippen LogP contribution in [-0.4, -0.2) is 17.9 Å². The summed E-state index contributed by atoms with van der Waals surface area (Å²) in [5.74, 6) is -0.0381. The predicted molar refractivity (Wildman–Crippen MR) is 53.5 cm³/mol. The van der Waals surface area contributed by atoms with Gasteiger partial charge in [0, 0.05) is 14.0 Å². The van der Waals surface area contributed by atoms with E-state index >= 15 is 0 Å². The summed E-state index contributed by atoms with van der Waals surface area (Å²) in [5.41, 5.74) is 0.556. The molecule has 0 fully saturated rings. The summed E-state index contributed by atoms with van der Waals surface area (Å²) < 4.78 is 0.